The average molecular weight is 550 g/mol. The topological polar surface area (TPSA) is 117 Å². The summed E-state index contributed by atoms with van der Waals surface area (Å²) >= 11 is 6.14. The maximum atomic E-state index is 13.5. The highest BCUT2D eigenvalue weighted by molar-refractivity contribution is 7.92. The molecule has 198 valence electrons. The van der Waals surface area contributed by atoms with E-state index in [0.29, 0.717) is 12.8 Å². The third kappa shape index (κ3) is 5.72. The molecule has 2 aliphatic rings. The largest absolute Gasteiger partial charge is 0.481 e. The molecular formula is C23H27ClF3N3O5S. The molecule has 8 nitrogen and oxygen atoms in total. The number of benzene rings is 1. The Bertz CT molecular complexity index is 1200. The fourth-order valence-corrected chi connectivity index (χ4v) is 6.10. The van der Waals surface area contributed by atoms with Crippen molar-refractivity contribution in [2.24, 2.45) is 5.41 Å². The van der Waals surface area contributed by atoms with Crippen LogP contribution in [0.3, 0.4) is 0 Å². The van der Waals surface area contributed by atoms with E-state index in [4.69, 9.17) is 16.3 Å². The SMILES string of the molecule is C[C@H](Oc1ccc(S(=O)(=O)C2CC(C(=O)NC3(C#N)CC3)N(C(=O)C(C)(C)C)C2)c(Cl)c1)C(F)(F)F. The number of alkyl halides is 3. The number of nitriles is 1. The monoisotopic (exact) mass is 549 g/mol. The van der Waals surface area contributed by atoms with Gasteiger partial charge in [0, 0.05) is 18.0 Å². The highest BCUT2D eigenvalue weighted by Gasteiger charge is 2.51. The summed E-state index contributed by atoms with van der Waals surface area (Å²) in [5.74, 6) is -1.30. The third-order valence-corrected chi connectivity index (χ3v) is 8.83. The number of ether oxygens (including phenoxy) is 1. The summed E-state index contributed by atoms with van der Waals surface area (Å²) in [6.07, 6.45) is -6.05. The van der Waals surface area contributed by atoms with Gasteiger partial charge in [-0.05, 0) is 38.3 Å². The molecule has 0 spiro atoms. The molecule has 2 amide bonds. The van der Waals surface area contributed by atoms with E-state index in [0.717, 1.165) is 25.1 Å². The Balaban J connectivity index is 1.88. The molecule has 1 aliphatic heterocycles. The van der Waals surface area contributed by atoms with Crippen LogP contribution in [-0.4, -0.2) is 60.8 Å². The highest BCUT2D eigenvalue weighted by Crippen LogP contribution is 2.38. The van der Waals surface area contributed by atoms with Gasteiger partial charge in [-0.2, -0.15) is 18.4 Å². The third-order valence-electron chi connectivity index (χ3n) is 6.22. The lowest BCUT2D eigenvalue weighted by atomic mass is 9.94. The Labute approximate surface area is 212 Å². The molecule has 2 fully saturated rings. The molecule has 1 aromatic rings. The summed E-state index contributed by atoms with van der Waals surface area (Å²) < 4.78 is 70.1. The van der Waals surface area contributed by atoms with Gasteiger partial charge in [-0.25, -0.2) is 8.42 Å². The smallest absolute Gasteiger partial charge is 0.425 e. The van der Waals surface area contributed by atoms with Crippen molar-refractivity contribution in [3.8, 4) is 11.8 Å². The fourth-order valence-electron chi connectivity index (χ4n) is 3.87. The predicted molar refractivity (Wildman–Crippen MR) is 124 cm³/mol. The van der Waals surface area contributed by atoms with E-state index in [1.54, 1.807) is 20.8 Å². The predicted octanol–water partition coefficient (Wildman–Crippen LogP) is 3.63. The molecule has 1 heterocycles. The molecule has 3 rings (SSSR count). The van der Waals surface area contributed by atoms with Gasteiger partial charge in [0.1, 0.15) is 17.3 Å². The Morgan fingerprint density at radius 3 is 2.36 bits per heavy atom. The molecular weight excluding hydrogens is 523 g/mol. The van der Waals surface area contributed by atoms with Gasteiger partial charge in [-0.15, -0.1) is 0 Å². The van der Waals surface area contributed by atoms with Gasteiger partial charge in [0.05, 0.1) is 21.2 Å². The second-order valence-electron chi connectivity index (χ2n) is 10.2. The molecule has 1 saturated heterocycles. The number of hydrogen-bond acceptors (Lipinski definition) is 6. The van der Waals surface area contributed by atoms with Crippen LogP contribution in [0.1, 0.15) is 47.0 Å². The van der Waals surface area contributed by atoms with Crippen LogP contribution < -0.4 is 10.1 Å². The first-order valence-corrected chi connectivity index (χ1v) is 13.1. The van der Waals surface area contributed by atoms with E-state index in [1.807, 2.05) is 6.07 Å². The number of carbonyl (C=O) groups excluding carboxylic acids is 2. The number of halogens is 4. The quantitative estimate of drug-likeness (QED) is 0.579. The van der Waals surface area contributed by atoms with Crippen molar-refractivity contribution in [3.63, 3.8) is 0 Å². The summed E-state index contributed by atoms with van der Waals surface area (Å²) in [7, 11) is -4.20. The van der Waals surface area contributed by atoms with Gasteiger partial charge < -0.3 is 15.0 Å². The van der Waals surface area contributed by atoms with Crippen molar-refractivity contribution >= 4 is 33.3 Å². The standard InChI is InChI=1S/C23H27ClF3N3O5S/c1-13(23(25,26)27)35-14-5-6-18(16(24)9-14)36(33,34)15-10-17(19(31)29-22(12-28)7-8-22)30(11-15)20(32)21(2,3)4/h5-6,9,13,15,17H,7-8,10-11H2,1-4H3,(H,29,31)/t13-,15?,17?/m0/s1. The number of amides is 2. The van der Waals surface area contributed by atoms with Crippen LogP contribution in [-0.2, 0) is 19.4 Å². The van der Waals surface area contributed by atoms with E-state index >= 15 is 0 Å². The number of hydrogen-bond donors (Lipinski definition) is 1. The van der Waals surface area contributed by atoms with Crippen molar-refractivity contribution in [3.05, 3.63) is 23.2 Å². The van der Waals surface area contributed by atoms with E-state index in [9.17, 15) is 36.4 Å². The lowest BCUT2D eigenvalue weighted by molar-refractivity contribution is -0.189. The summed E-state index contributed by atoms with van der Waals surface area (Å²) in [6, 6.07) is 4.02. The van der Waals surface area contributed by atoms with Crippen LogP contribution >= 0.6 is 11.6 Å². The summed E-state index contributed by atoms with van der Waals surface area (Å²) in [5.41, 5.74) is -1.91. The molecule has 36 heavy (non-hydrogen) atoms. The first kappa shape index (κ1) is 28.1. The van der Waals surface area contributed by atoms with Crippen LogP contribution in [0.2, 0.25) is 5.02 Å². The molecule has 1 saturated carbocycles. The van der Waals surface area contributed by atoms with Crippen molar-refractivity contribution in [2.75, 3.05) is 6.54 Å². The van der Waals surface area contributed by atoms with Gasteiger partial charge >= 0.3 is 6.18 Å². The number of nitrogens with one attached hydrogen (secondary N) is 1. The lowest BCUT2D eigenvalue weighted by Gasteiger charge is -2.30. The van der Waals surface area contributed by atoms with Crippen LogP contribution in [0.15, 0.2) is 23.1 Å². The number of sulfone groups is 1. The second kappa shape index (κ2) is 9.41. The second-order valence-corrected chi connectivity index (χ2v) is 12.8. The molecule has 1 aliphatic carbocycles. The highest BCUT2D eigenvalue weighted by atomic mass is 35.5. The first-order chi connectivity index (χ1) is 16.4. The molecule has 0 radical (unpaired) electrons. The number of carbonyl (C=O) groups is 2. The van der Waals surface area contributed by atoms with E-state index in [1.165, 1.54) is 4.90 Å². The average Bonchev–Trinajstić information content (AvgIpc) is 3.37. The number of nitrogens with zero attached hydrogens (tertiary/aromatic N) is 2. The number of likely N-dealkylation sites (tertiary alicyclic amines) is 1. The summed E-state index contributed by atoms with van der Waals surface area (Å²) in [4.78, 5) is 27.0. The van der Waals surface area contributed by atoms with E-state index in [2.05, 4.69) is 5.32 Å². The Hall–Kier alpha value is -2.52. The van der Waals surface area contributed by atoms with Gasteiger partial charge in [-0.1, -0.05) is 32.4 Å². The maximum absolute atomic E-state index is 13.5. The van der Waals surface area contributed by atoms with Crippen molar-refractivity contribution in [1.29, 1.82) is 5.26 Å². The van der Waals surface area contributed by atoms with Crippen LogP contribution in [0, 0.1) is 16.7 Å². The van der Waals surface area contributed by atoms with Crippen molar-refractivity contribution in [2.45, 2.75) is 81.0 Å². The minimum absolute atomic E-state index is 0.225. The Morgan fingerprint density at radius 2 is 1.89 bits per heavy atom. The zero-order valence-electron chi connectivity index (χ0n) is 20.1. The van der Waals surface area contributed by atoms with Gasteiger partial charge in [0.2, 0.25) is 11.8 Å². The van der Waals surface area contributed by atoms with Crippen LogP contribution in [0.5, 0.6) is 5.75 Å². The lowest BCUT2D eigenvalue weighted by Crippen LogP contribution is -2.51. The molecule has 13 heteroatoms. The normalized spacial score (nSPS) is 22.5. The molecule has 2 unspecified atom stereocenters. The van der Waals surface area contributed by atoms with Gasteiger partial charge in [-0.3, -0.25) is 9.59 Å². The Kier molecular flexibility index (Phi) is 7.34. The fraction of sp³-hybridized carbons (Fsp3) is 0.609. The van der Waals surface area contributed by atoms with Gasteiger partial charge in [0.15, 0.2) is 15.9 Å². The van der Waals surface area contributed by atoms with E-state index < -0.39 is 56.2 Å². The van der Waals surface area contributed by atoms with Crippen molar-refractivity contribution < 1.29 is 35.9 Å². The maximum Gasteiger partial charge on any atom is 0.425 e. The minimum Gasteiger partial charge on any atom is -0.481 e. The zero-order valence-corrected chi connectivity index (χ0v) is 21.7. The Morgan fingerprint density at radius 1 is 1.28 bits per heavy atom. The molecule has 0 aromatic heterocycles. The van der Waals surface area contributed by atoms with E-state index in [-0.39, 0.29) is 28.6 Å². The van der Waals surface area contributed by atoms with Crippen LogP contribution in [0.25, 0.3) is 0 Å². The number of rotatable bonds is 6. The van der Waals surface area contributed by atoms with Gasteiger partial charge in [0.25, 0.3) is 0 Å². The summed E-state index contributed by atoms with van der Waals surface area (Å²) in [5, 5.41) is 10.4. The minimum atomic E-state index is -4.62. The molecule has 3 atom stereocenters. The molecule has 0 bridgehead atoms. The zero-order chi connectivity index (χ0) is 27.3. The first-order valence-electron chi connectivity index (χ1n) is 11.2. The summed E-state index contributed by atoms with van der Waals surface area (Å²) in [6.45, 7) is 5.45. The molecule has 1 aromatic carbocycles. The van der Waals surface area contributed by atoms with Crippen molar-refractivity contribution in [1.82, 2.24) is 10.2 Å². The van der Waals surface area contributed by atoms with Crippen LogP contribution in [0.4, 0.5) is 13.2 Å². The molecule has 1 N–H and O–H groups in total.